The summed E-state index contributed by atoms with van der Waals surface area (Å²) in [5.41, 5.74) is 6.90. The fourth-order valence-corrected chi connectivity index (χ4v) is 2.54. The molecule has 0 aliphatic rings. The van der Waals surface area contributed by atoms with E-state index in [0.29, 0.717) is 24.7 Å². The zero-order valence-electron chi connectivity index (χ0n) is 13.3. The average Bonchev–Trinajstić information content (AvgIpc) is 2.57. The normalized spacial score (nSPS) is 10.8. The maximum absolute atomic E-state index is 13.7. The third-order valence-electron chi connectivity index (χ3n) is 3.57. The molecule has 0 saturated carbocycles. The summed E-state index contributed by atoms with van der Waals surface area (Å²) in [4.78, 5) is 14.1. The molecule has 4 nitrogen and oxygen atoms in total. The van der Waals surface area contributed by atoms with Crippen molar-refractivity contribution in [1.82, 2.24) is 4.90 Å². The number of hydrogen-bond donors (Lipinski definition) is 2. The van der Waals surface area contributed by atoms with Crippen molar-refractivity contribution >= 4 is 23.2 Å². The third-order valence-corrected chi connectivity index (χ3v) is 3.81. The maximum atomic E-state index is 13.7. The van der Waals surface area contributed by atoms with Gasteiger partial charge in [-0.1, -0.05) is 41.9 Å². The maximum Gasteiger partial charge on any atom is 0.238 e. The van der Waals surface area contributed by atoms with Gasteiger partial charge in [0.15, 0.2) is 0 Å². The summed E-state index contributed by atoms with van der Waals surface area (Å²) < 4.78 is 13.7. The molecular formula is C18H21ClFN3O. The number of nitrogens with one attached hydrogen (secondary N) is 1. The Morgan fingerprint density at radius 1 is 1.17 bits per heavy atom. The van der Waals surface area contributed by atoms with Crippen LogP contribution in [0.25, 0.3) is 0 Å². The first-order valence-electron chi connectivity index (χ1n) is 7.79. The molecule has 128 valence electrons. The van der Waals surface area contributed by atoms with Gasteiger partial charge in [0.1, 0.15) is 5.82 Å². The highest BCUT2D eigenvalue weighted by atomic mass is 35.5. The number of nitrogens with two attached hydrogens (primary N) is 1. The molecule has 0 radical (unpaired) electrons. The molecule has 1 amide bonds. The molecule has 2 aromatic rings. The van der Waals surface area contributed by atoms with Gasteiger partial charge in [0.25, 0.3) is 0 Å². The number of halogens is 2. The standard InChI is InChI=1S/C18H21ClFN3O/c19-15-6-7-16(20)17(12-15)22-18(24)13-23(11-9-21)10-8-14-4-2-1-3-5-14/h1-7,12H,8-11,13,21H2,(H,22,24). The van der Waals surface area contributed by atoms with Crippen molar-refractivity contribution in [2.75, 3.05) is 31.5 Å². The topological polar surface area (TPSA) is 58.4 Å². The quantitative estimate of drug-likeness (QED) is 0.770. The number of anilines is 1. The Hall–Kier alpha value is -1.95. The van der Waals surface area contributed by atoms with Crippen molar-refractivity contribution < 1.29 is 9.18 Å². The second-order valence-electron chi connectivity index (χ2n) is 5.47. The van der Waals surface area contributed by atoms with E-state index >= 15 is 0 Å². The van der Waals surface area contributed by atoms with Gasteiger partial charge in [-0.05, 0) is 30.2 Å². The van der Waals surface area contributed by atoms with Gasteiger partial charge in [0, 0.05) is 24.7 Å². The Morgan fingerprint density at radius 2 is 1.92 bits per heavy atom. The molecule has 2 aromatic carbocycles. The van der Waals surface area contributed by atoms with Crippen LogP contribution in [0, 0.1) is 5.82 Å². The first kappa shape index (κ1) is 18.4. The molecule has 0 spiro atoms. The predicted octanol–water partition coefficient (Wildman–Crippen LogP) is 2.92. The Kier molecular flexibility index (Phi) is 7.18. The van der Waals surface area contributed by atoms with Crippen LogP contribution in [0.3, 0.4) is 0 Å². The van der Waals surface area contributed by atoms with Crippen LogP contribution < -0.4 is 11.1 Å². The second kappa shape index (κ2) is 9.37. The summed E-state index contributed by atoms with van der Waals surface area (Å²) in [6.07, 6.45) is 0.819. The fraction of sp³-hybridized carbons (Fsp3) is 0.278. The molecule has 0 saturated heterocycles. The lowest BCUT2D eigenvalue weighted by atomic mass is 10.1. The van der Waals surface area contributed by atoms with E-state index in [0.717, 1.165) is 6.42 Å². The smallest absolute Gasteiger partial charge is 0.238 e. The summed E-state index contributed by atoms with van der Waals surface area (Å²) in [7, 11) is 0. The summed E-state index contributed by atoms with van der Waals surface area (Å²) >= 11 is 5.83. The Morgan fingerprint density at radius 3 is 2.62 bits per heavy atom. The molecule has 2 rings (SSSR count). The molecule has 24 heavy (non-hydrogen) atoms. The van der Waals surface area contributed by atoms with E-state index in [1.54, 1.807) is 0 Å². The van der Waals surface area contributed by atoms with Crippen LogP contribution in [0.15, 0.2) is 48.5 Å². The van der Waals surface area contributed by atoms with Crippen LogP contribution in [-0.4, -0.2) is 37.0 Å². The summed E-state index contributed by atoms with van der Waals surface area (Å²) in [6, 6.07) is 14.1. The van der Waals surface area contributed by atoms with Gasteiger partial charge in [-0.2, -0.15) is 0 Å². The molecule has 0 aliphatic carbocycles. The fourth-order valence-electron chi connectivity index (χ4n) is 2.37. The number of benzene rings is 2. The minimum Gasteiger partial charge on any atom is -0.329 e. The molecular weight excluding hydrogens is 329 g/mol. The van der Waals surface area contributed by atoms with Crippen LogP contribution in [-0.2, 0) is 11.2 Å². The number of amides is 1. The van der Waals surface area contributed by atoms with Gasteiger partial charge in [0.2, 0.25) is 5.91 Å². The lowest BCUT2D eigenvalue weighted by molar-refractivity contribution is -0.117. The summed E-state index contributed by atoms with van der Waals surface area (Å²) in [5.74, 6) is -0.805. The molecule has 0 unspecified atom stereocenters. The van der Waals surface area contributed by atoms with Gasteiger partial charge in [-0.3, -0.25) is 9.69 Å². The zero-order chi connectivity index (χ0) is 17.4. The first-order valence-corrected chi connectivity index (χ1v) is 8.17. The average molecular weight is 350 g/mol. The van der Waals surface area contributed by atoms with Gasteiger partial charge in [-0.25, -0.2) is 4.39 Å². The van der Waals surface area contributed by atoms with E-state index in [4.69, 9.17) is 17.3 Å². The molecule has 0 aliphatic heterocycles. The van der Waals surface area contributed by atoms with E-state index in [-0.39, 0.29) is 18.1 Å². The number of nitrogens with zero attached hydrogens (tertiary/aromatic N) is 1. The summed E-state index contributed by atoms with van der Waals surface area (Å²) in [5, 5.41) is 2.93. The Bertz CT molecular complexity index is 667. The third kappa shape index (κ3) is 5.92. The van der Waals surface area contributed by atoms with Crippen molar-refractivity contribution in [3.05, 3.63) is 64.9 Å². The second-order valence-corrected chi connectivity index (χ2v) is 5.91. The van der Waals surface area contributed by atoms with Crippen molar-refractivity contribution in [2.24, 2.45) is 5.73 Å². The molecule has 0 bridgehead atoms. The SMILES string of the molecule is NCCN(CCc1ccccc1)CC(=O)Nc1cc(Cl)ccc1F. The van der Waals surface area contributed by atoms with Crippen LogP contribution in [0.4, 0.5) is 10.1 Å². The van der Waals surface area contributed by atoms with Gasteiger partial charge >= 0.3 is 0 Å². The van der Waals surface area contributed by atoms with Gasteiger partial charge in [-0.15, -0.1) is 0 Å². The highest BCUT2D eigenvalue weighted by molar-refractivity contribution is 6.30. The number of carbonyl (C=O) groups excluding carboxylic acids is 1. The van der Waals surface area contributed by atoms with Crippen molar-refractivity contribution in [2.45, 2.75) is 6.42 Å². The van der Waals surface area contributed by atoms with E-state index in [1.165, 1.54) is 23.8 Å². The van der Waals surface area contributed by atoms with Crippen LogP contribution in [0.1, 0.15) is 5.56 Å². The zero-order valence-corrected chi connectivity index (χ0v) is 14.1. The molecule has 0 aromatic heterocycles. The highest BCUT2D eigenvalue weighted by Gasteiger charge is 2.12. The molecule has 3 N–H and O–H groups in total. The molecule has 0 fully saturated rings. The predicted molar refractivity (Wildman–Crippen MR) is 95.7 cm³/mol. The minimum atomic E-state index is -0.512. The van der Waals surface area contributed by atoms with E-state index < -0.39 is 5.82 Å². The van der Waals surface area contributed by atoms with Crippen molar-refractivity contribution in [3.63, 3.8) is 0 Å². The van der Waals surface area contributed by atoms with Crippen LogP contribution >= 0.6 is 11.6 Å². The Labute approximate surface area is 146 Å². The molecule has 0 heterocycles. The van der Waals surface area contributed by atoms with Crippen LogP contribution in [0.2, 0.25) is 5.02 Å². The van der Waals surface area contributed by atoms with E-state index in [1.807, 2.05) is 35.2 Å². The van der Waals surface area contributed by atoms with E-state index in [9.17, 15) is 9.18 Å². The Balaban J connectivity index is 1.91. The minimum absolute atomic E-state index is 0.0863. The monoisotopic (exact) mass is 349 g/mol. The van der Waals surface area contributed by atoms with Crippen LogP contribution in [0.5, 0.6) is 0 Å². The lowest BCUT2D eigenvalue weighted by Crippen LogP contribution is -2.38. The number of carbonyl (C=O) groups is 1. The van der Waals surface area contributed by atoms with Gasteiger partial charge in [0.05, 0.1) is 12.2 Å². The number of hydrogen-bond acceptors (Lipinski definition) is 3. The largest absolute Gasteiger partial charge is 0.329 e. The molecule has 6 heteroatoms. The summed E-state index contributed by atoms with van der Waals surface area (Å²) in [6.45, 7) is 1.90. The van der Waals surface area contributed by atoms with Crippen molar-refractivity contribution in [1.29, 1.82) is 0 Å². The molecule has 0 atom stereocenters. The highest BCUT2D eigenvalue weighted by Crippen LogP contribution is 2.19. The lowest BCUT2D eigenvalue weighted by Gasteiger charge is -2.21. The van der Waals surface area contributed by atoms with Crippen molar-refractivity contribution in [3.8, 4) is 0 Å². The first-order chi connectivity index (χ1) is 11.6. The number of rotatable bonds is 8. The van der Waals surface area contributed by atoms with Gasteiger partial charge < -0.3 is 11.1 Å². The van der Waals surface area contributed by atoms with E-state index in [2.05, 4.69) is 5.32 Å².